The number of para-hydroxylation sites is 1. The van der Waals surface area contributed by atoms with Crippen molar-refractivity contribution in [2.45, 2.75) is 12.6 Å². The van der Waals surface area contributed by atoms with Crippen molar-refractivity contribution in [3.63, 3.8) is 0 Å². The van der Waals surface area contributed by atoms with Gasteiger partial charge < -0.3 is 15.4 Å². The topological polar surface area (TPSA) is 65.1 Å². The van der Waals surface area contributed by atoms with E-state index in [0.29, 0.717) is 5.56 Å². The highest BCUT2D eigenvalue weighted by atomic mass is 19.1. The van der Waals surface area contributed by atoms with E-state index >= 15 is 0 Å². The fourth-order valence-electron chi connectivity index (χ4n) is 2.60. The van der Waals surface area contributed by atoms with Crippen LogP contribution in [-0.4, -0.2) is 16.6 Å². The van der Waals surface area contributed by atoms with Crippen molar-refractivity contribution in [3.8, 4) is 0 Å². The fraction of sp³-hybridized carbons (Fsp3) is 0.167. The van der Waals surface area contributed by atoms with Crippen LogP contribution in [0.2, 0.25) is 0 Å². The monoisotopic (exact) mass is 330 g/mol. The van der Waals surface area contributed by atoms with E-state index < -0.39 is 17.7 Å². The van der Waals surface area contributed by atoms with Crippen molar-refractivity contribution >= 4 is 10.9 Å². The first kappa shape index (κ1) is 16.3. The van der Waals surface area contributed by atoms with Crippen LogP contribution in [0.1, 0.15) is 17.2 Å². The summed E-state index contributed by atoms with van der Waals surface area (Å²) < 4.78 is 27.2. The molecule has 0 aliphatic rings. The van der Waals surface area contributed by atoms with Crippen molar-refractivity contribution in [2.24, 2.45) is 0 Å². The standard InChI is InChI=1S/C18H16F2N2O2/c19-13-5-3-6-14(20)17(13)16(23)10-21-9-12-8-11-4-1-2-7-15(11)22-18(12)24/h1-8,16,21,23H,9-10H2,(H,22,24). The molecule has 1 heterocycles. The van der Waals surface area contributed by atoms with Gasteiger partial charge in [-0.05, 0) is 29.7 Å². The van der Waals surface area contributed by atoms with E-state index in [1.165, 1.54) is 6.07 Å². The van der Waals surface area contributed by atoms with Crippen LogP contribution in [0, 0.1) is 11.6 Å². The molecule has 124 valence electrons. The minimum atomic E-state index is -1.34. The Morgan fingerprint density at radius 3 is 2.54 bits per heavy atom. The third kappa shape index (κ3) is 3.34. The van der Waals surface area contributed by atoms with E-state index in [4.69, 9.17) is 0 Å². The maximum atomic E-state index is 13.6. The lowest BCUT2D eigenvalue weighted by Gasteiger charge is -2.14. The number of rotatable bonds is 5. The first-order chi connectivity index (χ1) is 11.6. The number of halogens is 2. The minimum Gasteiger partial charge on any atom is -0.387 e. The van der Waals surface area contributed by atoms with Crippen molar-refractivity contribution < 1.29 is 13.9 Å². The van der Waals surface area contributed by atoms with Crippen molar-refractivity contribution in [2.75, 3.05) is 6.54 Å². The molecule has 4 nitrogen and oxygen atoms in total. The van der Waals surface area contributed by atoms with Crippen LogP contribution in [0.5, 0.6) is 0 Å². The highest BCUT2D eigenvalue weighted by Crippen LogP contribution is 2.20. The molecule has 0 amide bonds. The van der Waals surface area contributed by atoms with Crippen molar-refractivity contribution in [1.82, 2.24) is 10.3 Å². The van der Waals surface area contributed by atoms with Gasteiger partial charge in [-0.2, -0.15) is 0 Å². The zero-order valence-electron chi connectivity index (χ0n) is 12.7. The lowest BCUT2D eigenvalue weighted by molar-refractivity contribution is 0.164. The second kappa shape index (κ2) is 6.90. The summed E-state index contributed by atoms with van der Waals surface area (Å²) in [7, 11) is 0. The molecule has 1 aromatic heterocycles. The number of aliphatic hydroxyl groups is 1. The number of H-pyrrole nitrogens is 1. The molecule has 3 N–H and O–H groups in total. The van der Waals surface area contributed by atoms with Crippen LogP contribution < -0.4 is 10.9 Å². The molecule has 0 spiro atoms. The average molecular weight is 330 g/mol. The summed E-state index contributed by atoms with van der Waals surface area (Å²) in [6.45, 7) is 0.0947. The molecule has 6 heteroatoms. The first-order valence-corrected chi connectivity index (χ1v) is 7.50. The number of benzene rings is 2. The Hall–Kier alpha value is -2.57. The maximum absolute atomic E-state index is 13.6. The summed E-state index contributed by atoms with van der Waals surface area (Å²) in [6.07, 6.45) is -1.34. The largest absolute Gasteiger partial charge is 0.387 e. The van der Waals surface area contributed by atoms with Gasteiger partial charge in [0.1, 0.15) is 11.6 Å². The van der Waals surface area contributed by atoms with Crippen LogP contribution in [0.15, 0.2) is 53.3 Å². The Balaban J connectivity index is 1.70. The minimum absolute atomic E-state index is 0.0792. The van der Waals surface area contributed by atoms with Gasteiger partial charge in [-0.25, -0.2) is 8.78 Å². The number of fused-ring (bicyclic) bond motifs is 1. The number of aromatic nitrogens is 1. The molecule has 0 aliphatic carbocycles. The third-order valence-electron chi connectivity index (χ3n) is 3.82. The molecule has 0 saturated carbocycles. The Labute approximate surface area is 136 Å². The summed E-state index contributed by atoms with van der Waals surface area (Å²) in [5, 5.41) is 13.7. The summed E-state index contributed by atoms with van der Waals surface area (Å²) in [5.41, 5.74) is 0.597. The van der Waals surface area contributed by atoms with Crippen LogP contribution in [0.25, 0.3) is 10.9 Å². The van der Waals surface area contributed by atoms with E-state index in [1.807, 2.05) is 18.2 Å². The van der Waals surface area contributed by atoms with Gasteiger partial charge in [0.2, 0.25) is 0 Å². The molecule has 0 radical (unpaired) electrons. The molecule has 0 bridgehead atoms. The second-order valence-corrected chi connectivity index (χ2v) is 5.49. The quantitative estimate of drug-likeness (QED) is 0.674. The summed E-state index contributed by atoms with van der Waals surface area (Å²) in [5.74, 6) is -1.60. The lowest BCUT2D eigenvalue weighted by Crippen LogP contribution is -2.26. The first-order valence-electron chi connectivity index (χ1n) is 7.50. The molecule has 3 aromatic rings. The van der Waals surface area contributed by atoms with Gasteiger partial charge in [0.15, 0.2) is 0 Å². The third-order valence-corrected chi connectivity index (χ3v) is 3.82. The number of hydrogen-bond acceptors (Lipinski definition) is 3. The number of aliphatic hydroxyl groups excluding tert-OH is 1. The molecule has 1 atom stereocenters. The Morgan fingerprint density at radius 2 is 1.79 bits per heavy atom. The van der Waals surface area contributed by atoms with E-state index in [2.05, 4.69) is 10.3 Å². The SMILES string of the molecule is O=c1[nH]c2ccccc2cc1CNCC(O)c1c(F)cccc1F. The normalized spacial score (nSPS) is 12.5. The van der Waals surface area contributed by atoms with Gasteiger partial charge in [-0.3, -0.25) is 4.79 Å². The molecule has 3 rings (SSSR count). The number of nitrogens with one attached hydrogen (secondary N) is 2. The summed E-state index contributed by atoms with van der Waals surface area (Å²) in [6, 6.07) is 12.5. The van der Waals surface area contributed by atoms with Gasteiger partial charge in [0.25, 0.3) is 5.56 Å². The van der Waals surface area contributed by atoms with Gasteiger partial charge in [-0.15, -0.1) is 0 Å². The predicted molar refractivity (Wildman–Crippen MR) is 87.6 cm³/mol. The molecule has 0 saturated heterocycles. The lowest BCUT2D eigenvalue weighted by atomic mass is 10.1. The maximum Gasteiger partial charge on any atom is 0.252 e. The van der Waals surface area contributed by atoms with E-state index in [0.717, 1.165) is 23.0 Å². The number of pyridine rings is 1. The highest BCUT2D eigenvalue weighted by Gasteiger charge is 2.17. The predicted octanol–water partition coefficient (Wildman–Crippen LogP) is 2.63. The van der Waals surface area contributed by atoms with Gasteiger partial charge in [0, 0.05) is 24.2 Å². The number of hydrogen-bond donors (Lipinski definition) is 3. The molecular weight excluding hydrogens is 314 g/mol. The molecule has 0 fully saturated rings. The molecule has 2 aromatic carbocycles. The average Bonchev–Trinajstić information content (AvgIpc) is 2.55. The van der Waals surface area contributed by atoms with Crippen LogP contribution >= 0.6 is 0 Å². The van der Waals surface area contributed by atoms with E-state index in [9.17, 15) is 18.7 Å². The fourth-order valence-corrected chi connectivity index (χ4v) is 2.60. The van der Waals surface area contributed by atoms with Gasteiger partial charge in [-0.1, -0.05) is 24.3 Å². The van der Waals surface area contributed by atoms with Crippen LogP contribution in [0.3, 0.4) is 0 Å². The van der Waals surface area contributed by atoms with Crippen molar-refractivity contribution in [1.29, 1.82) is 0 Å². The molecule has 0 aliphatic heterocycles. The zero-order chi connectivity index (χ0) is 17.1. The highest BCUT2D eigenvalue weighted by molar-refractivity contribution is 5.78. The van der Waals surface area contributed by atoms with Crippen LogP contribution in [-0.2, 0) is 6.54 Å². The molecular formula is C18H16F2N2O2. The van der Waals surface area contributed by atoms with E-state index in [1.54, 1.807) is 12.1 Å². The number of aromatic amines is 1. The molecule has 24 heavy (non-hydrogen) atoms. The van der Waals surface area contributed by atoms with E-state index in [-0.39, 0.29) is 24.2 Å². The summed E-state index contributed by atoms with van der Waals surface area (Å²) in [4.78, 5) is 14.8. The Bertz CT molecular complexity index is 904. The zero-order valence-corrected chi connectivity index (χ0v) is 12.7. The van der Waals surface area contributed by atoms with Crippen molar-refractivity contribution in [3.05, 3.63) is 81.6 Å². The Kier molecular flexibility index (Phi) is 4.69. The van der Waals surface area contributed by atoms with Gasteiger partial charge in [0.05, 0.1) is 11.7 Å². The smallest absolute Gasteiger partial charge is 0.252 e. The van der Waals surface area contributed by atoms with Gasteiger partial charge >= 0.3 is 0 Å². The Morgan fingerprint density at radius 1 is 1.08 bits per heavy atom. The van der Waals surface area contributed by atoms with Crippen LogP contribution in [0.4, 0.5) is 8.78 Å². The second-order valence-electron chi connectivity index (χ2n) is 5.49. The molecule has 1 unspecified atom stereocenters. The summed E-state index contributed by atoms with van der Waals surface area (Å²) >= 11 is 0.